The van der Waals surface area contributed by atoms with E-state index in [1.54, 1.807) is 11.3 Å². The summed E-state index contributed by atoms with van der Waals surface area (Å²) in [7, 11) is 0. The Morgan fingerprint density at radius 3 is 3.00 bits per heavy atom. The quantitative estimate of drug-likeness (QED) is 0.908. The van der Waals surface area contributed by atoms with Crippen LogP contribution in [0.4, 0.5) is 0 Å². The molecule has 5 heteroatoms. The SMILES string of the molecule is CC(C)NCc1cn[nH]c1-c1sccc1Br. The Bertz CT molecular complexity index is 461. The van der Waals surface area contributed by atoms with E-state index in [2.05, 4.69) is 56.7 Å². The molecule has 0 saturated heterocycles. The number of hydrogen-bond acceptors (Lipinski definition) is 3. The van der Waals surface area contributed by atoms with Crippen LogP contribution in [-0.4, -0.2) is 16.2 Å². The summed E-state index contributed by atoms with van der Waals surface area (Å²) in [5, 5.41) is 12.6. The highest BCUT2D eigenvalue weighted by Gasteiger charge is 2.11. The fourth-order valence-electron chi connectivity index (χ4n) is 1.43. The minimum atomic E-state index is 0.481. The van der Waals surface area contributed by atoms with E-state index in [1.165, 1.54) is 10.4 Å². The van der Waals surface area contributed by atoms with Crippen molar-refractivity contribution in [2.75, 3.05) is 0 Å². The number of H-pyrrole nitrogens is 1. The first-order chi connectivity index (χ1) is 7.68. The van der Waals surface area contributed by atoms with Gasteiger partial charge in [-0.05, 0) is 27.4 Å². The van der Waals surface area contributed by atoms with E-state index in [1.807, 2.05) is 6.20 Å². The van der Waals surface area contributed by atoms with Gasteiger partial charge in [-0.15, -0.1) is 11.3 Å². The van der Waals surface area contributed by atoms with Crippen LogP contribution >= 0.6 is 27.3 Å². The molecule has 0 amide bonds. The Hall–Kier alpha value is -0.650. The molecule has 0 unspecified atom stereocenters. The predicted octanol–water partition coefficient (Wildman–Crippen LogP) is 3.40. The van der Waals surface area contributed by atoms with Gasteiger partial charge in [-0.25, -0.2) is 0 Å². The van der Waals surface area contributed by atoms with Crippen molar-refractivity contribution in [3.63, 3.8) is 0 Å². The van der Waals surface area contributed by atoms with E-state index in [0.29, 0.717) is 6.04 Å². The van der Waals surface area contributed by atoms with Crippen molar-refractivity contribution in [3.8, 4) is 10.6 Å². The summed E-state index contributed by atoms with van der Waals surface area (Å²) in [6, 6.07) is 2.54. The maximum Gasteiger partial charge on any atom is 0.0806 e. The first kappa shape index (κ1) is 11.8. The van der Waals surface area contributed by atoms with Gasteiger partial charge in [-0.2, -0.15) is 5.10 Å². The minimum absolute atomic E-state index is 0.481. The molecule has 0 spiro atoms. The van der Waals surface area contributed by atoms with Crippen LogP contribution in [0.3, 0.4) is 0 Å². The highest BCUT2D eigenvalue weighted by Crippen LogP contribution is 2.33. The van der Waals surface area contributed by atoms with Crippen LogP contribution in [-0.2, 0) is 6.54 Å². The second kappa shape index (κ2) is 5.12. The van der Waals surface area contributed by atoms with Crippen molar-refractivity contribution < 1.29 is 0 Å². The molecule has 0 fully saturated rings. The third-order valence-corrected chi connectivity index (χ3v) is 4.12. The summed E-state index contributed by atoms with van der Waals surface area (Å²) < 4.78 is 1.12. The van der Waals surface area contributed by atoms with E-state index >= 15 is 0 Å². The molecule has 3 nitrogen and oxygen atoms in total. The van der Waals surface area contributed by atoms with Crippen molar-refractivity contribution in [3.05, 3.63) is 27.7 Å². The molecule has 0 saturated carbocycles. The Morgan fingerprint density at radius 2 is 2.38 bits per heavy atom. The van der Waals surface area contributed by atoms with Gasteiger partial charge >= 0.3 is 0 Å². The van der Waals surface area contributed by atoms with Gasteiger partial charge in [0.25, 0.3) is 0 Å². The lowest BCUT2D eigenvalue weighted by atomic mass is 10.2. The van der Waals surface area contributed by atoms with Crippen molar-refractivity contribution in [2.24, 2.45) is 0 Å². The molecule has 0 aliphatic heterocycles. The molecule has 0 radical (unpaired) electrons. The smallest absolute Gasteiger partial charge is 0.0806 e. The molecule has 86 valence electrons. The number of aromatic nitrogens is 2. The maximum absolute atomic E-state index is 4.12. The standard InChI is InChI=1S/C11H14BrN3S/c1-7(2)13-5-8-6-14-15-10(8)11-9(12)3-4-16-11/h3-4,6-7,13H,5H2,1-2H3,(H,14,15). The van der Waals surface area contributed by atoms with Gasteiger partial charge in [0.2, 0.25) is 0 Å². The number of halogens is 1. The zero-order chi connectivity index (χ0) is 11.5. The molecule has 16 heavy (non-hydrogen) atoms. The monoisotopic (exact) mass is 299 g/mol. The molecule has 0 aliphatic carbocycles. The van der Waals surface area contributed by atoms with Crippen LogP contribution in [0.5, 0.6) is 0 Å². The third kappa shape index (κ3) is 2.53. The van der Waals surface area contributed by atoms with Crippen LogP contribution in [0.1, 0.15) is 19.4 Å². The first-order valence-electron chi connectivity index (χ1n) is 5.17. The van der Waals surface area contributed by atoms with Gasteiger partial charge in [-0.3, -0.25) is 5.10 Å². The normalized spacial score (nSPS) is 11.2. The van der Waals surface area contributed by atoms with Gasteiger partial charge in [-0.1, -0.05) is 13.8 Å². The summed E-state index contributed by atoms with van der Waals surface area (Å²) in [4.78, 5) is 1.21. The molecule has 2 rings (SSSR count). The molecular formula is C11H14BrN3S. The number of thiophene rings is 1. The van der Waals surface area contributed by atoms with Gasteiger partial charge in [0.05, 0.1) is 16.8 Å². The predicted molar refractivity (Wildman–Crippen MR) is 71.6 cm³/mol. The fraction of sp³-hybridized carbons (Fsp3) is 0.364. The van der Waals surface area contributed by atoms with Crippen LogP contribution < -0.4 is 5.32 Å². The van der Waals surface area contributed by atoms with Crippen molar-refractivity contribution >= 4 is 27.3 Å². The Labute approximate surface area is 107 Å². The first-order valence-corrected chi connectivity index (χ1v) is 6.84. The summed E-state index contributed by atoms with van der Waals surface area (Å²) >= 11 is 5.25. The number of nitrogens with one attached hydrogen (secondary N) is 2. The van der Waals surface area contributed by atoms with E-state index in [0.717, 1.165) is 16.7 Å². The molecule has 0 aliphatic rings. The molecule has 2 aromatic rings. The number of rotatable bonds is 4. The molecule has 0 aromatic carbocycles. The van der Waals surface area contributed by atoms with Gasteiger partial charge in [0.15, 0.2) is 0 Å². The zero-order valence-corrected chi connectivity index (χ0v) is 11.7. The van der Waals surface area contributed by atoms with E-state index < -0.39 is 0 Å². The van der Waals surface area contributed by atoms with Crippen LogP contribution in [0, 0.1) is 0 Å². The fourth-order valence-corrected chi connectivity index (χ4v) is 3.03. The number of hydrogen-bond donors (Lipinski definition) is 2. The van der Waals surface area contributed by atoms with Gasteiger partial charge in [0.1, 0.15) is 0 Å². The van der Waals surface area contributed by atoms with Crippen molar-refractivity contribution in [2.45, 2.75) is 26.4 Å². The van der Waals surface area contributed by atoms with Gasteiger partial charge < -0.3 is 5.32 Å². The van der Waals surface area contributed by atoms with Crippen LogP contribution in [0.15, 0.2) is 22.1 Å². The van der Waals surface area contributed by atoms with E-state index in [9.17, 15) is 0 Å². The highest BCUT2D eigenvalue weighted by atomic mass is 79.9. The molecular weight excluding hydrogens is 286 g/mol. The van der Waals surface area contributed by atoms with Gasteiger partial charge in [0, 0.05) is 22.6 Å². The lowest BCUT2D eigenvalue weighted by molar-refractivity contribution is 0.589. The summed E-state index contributed by atoms with van der Waals surface area (Å²) in [5.74, 6) is 0. The van der Waals surface area contributed by atoms with E-state index in [4.69, 9.17) is 0 Å². The Kier molecular flexibility index (Phi) is 3.78. The average molecular weight is 300 g/mol. The second-order valence-electron chi connectivity index (χ2n) is 3.90. The van der Waals surface area contributed by atoms with E-state index in [-0.39, 0.29) is 0 Å². The topological polar surface area (TPSA) is 40.7 Å². The van der Waals surface area contributed by atoms with Crippen molar-refractivity contribution in [1.29, 1.82) is 0 Å². The van der Waals surface area contributed by atoms with Crippen molar-refractivity contribution in [1.82, 2.24) is 15.5 Å². The summed E-state index contributed by atoms with van der Waals surface area (Å²) in [6.07, 6.45) is 1.89. The molecule has 0 atom stereocenters. The third-order valence-electron chi connectivity index (χ3n) is 2.26. The minimum Gasteiger partial charge on any atom is -0.310 e. The largest absolute Gasteiger partial charge is 0.310 e. The van der Waals surface area contributed by atoms with Crippen LogP contribution in [0.25, 0.3) is 10.6 Å². The maximum atomic E-state index is 4.12. The highest BCUT2D eigenvalue weighted by molar-refractivity contribution is 9.10. The summed E-state index contributed by atoms with van der Waals surface area (Å²) in [5.41, 5.74) is 2.31. The molecule has 2 heterocycles. The second-order valence-corrected chi connectivity index (χ2v) is 5.67. The number of nitrogens with zero attached hydrogens (tertiary/aromatic N) is 1. The van der Waals surface area contributed by atoms with Crippen LogP contribution in [0.2, 0.25) is 0 Å². The Balaban J connectivity index is 2.23. The lowest BCUT2D eigenvalue weighted by Gasteiger charge is -2.07. The summed E-state index contributed by atoms with van der Waals surface area (Å²) in [6.45, 7) is 5.12. The number of aromatic amines is 1. The Morgan fingerprint density at radius 1 is 1.56 bits per heavy atom. The lowest BCUT2D eigenvalue weighted by Crippen LogP contribution is -2.21. The molecule has 2 aromatic heterocycles. The zero-order valence-electron chi connectivity index (χ0n) is 9.25. The molecule has 2 N–H and O–H groups in total. The average Bonchev–Trinajstić information content (AvgIpc) is 2.82. The molecule has 0 bridgehead atoms.